The molecule has 3 fully saturated rings. The number of likely N-dealkylation sites (tertiary alicyclic amines) is 1. The van der Waals surface area contributed by atoms with E-state index >= 15 is 0 Å². The van der Waals surface area contributed by atoms with Crippen molar-refractivity contribution in [2.45, 2.75) is 139 Å². The average Bonchev–Trinajstić information content (AvgIpc) is 1.74. The van der Waals surface area contributed by atoms with Crippen LogP contribution in [0.5, 0.6) is 0 Å². The molecule has 35 heteroatoms. The summed E-state index contributed by atoms with van der Waals surface area (Å²) in [4.78, 5) is 199. The number of carbonyl (C=O) groups excluding carboxylic acids is 6. The van der Waals surface area contributed by atoms with Gasteiger partial charge in [-0.2, -0.15) is 0 Å². The molecule has 5 unspecified atom stereocenters. The van der Waals surface area contributed by atoms with Gasteiger partial charge in [-0.1, -0.05) is 5.06 Å². The Hall–Kier alpha value is -7.60. The second-order valence-electron chi connectivity index (χ2n) is 22.4. The third-order valence-corrected chi connectivity index (χ3v) is 16.5. The normalized spacial score (nSPS) is 19.8. The number of nitrogens with zero attached hydrogens (tertiary/aromatic N) is 9. The van der Waals surface area contributed by atoms with E-state index in [0.29, 0.717) is 21.1 Å². The lowest BCUT2D eigenvalue weighted by Gasteiger charge is -2.34. The summed E-state index contributed by atoms with van der Waals surface area (Å²) in [6.45, 7) is -1.31. The van der Waals surface area contributed by atoms with Crippen molar-refractivity contribution in [3.8, 4) is 0 Å². The highest BCUT2D eigenvalue weighted by atomic mass is 32.2. The number of amides is 6. The number of rotatable bonds is 32. The van der Waals surface area contributed by atoms with Crippen LogP contribution >= 0.6 is 11.8 Å². The third-order valence-electron chi connectivity index (χ3n) is 15.3. The zero-order chi connectivity index (χ0) is 65.8. The lowest BCUT2D eigenvalue weighted by atomic mass is 9.93. The fourth-order valence-electron chi connectivity index (χ4n) is 11.0. The molecular weight excluding hydrogens is 1180 g/mol. The van der Waals surface area contributed by atoms with E-state index in [2.05, 4.69) is 0 Å². The van der Waals surface area contributed by atoms with E-state index < -0.39 is 207 Å². The van der Waals surface area contributed by atoms with E-state index in [1.165, 1.54) is 24.7 Å². The van der Waals surface area contributed by atoms with Crippen molar-refractivity contribution in [1.29, 1.82) is 0 Å². The molecule has 488 valence electrons. The van der Waals surface area contributed by atoms with E-state index in [9.17, 15) is 118 Å². The molecule has 0 aromatic rings. The molecule has 34 nitrogen and oxygen atoms in total. The van der Waals surface area contributed by atoms with Crippen molar-refractivity contribution in [2.24, 2.45) is 0 Å². The molecule has 0 radical (unpaired) electrons. The SMILES string of the molecule is CC1(C)CC(N2C(=O)CC(SCCC(=O)N3CCCN(C(=O)CCC(C(=O)O)N(CC(=O)O)CC(=O)O)CCN(C(=O)CCC(C(=O)O)N(CC(=O)O)CC(=O)O)CCCN(C(=O)CCC(C(=O)O)N(CC(=O)O)CC(=O)O)CC3)C2=O)C(C)(C)N1[OH2+]. The number of hydroxylamine groups is 2. The van der Waals surface area contributed by atoms with Crippen molar-refractivity contribution < 1.29 is 123 Å². The van der Waals surface area contributed by atoms with Gasteiger partial charge in [0.1, 0.15) is 23.7 Å². The van der Waals surface area contributed by atoms with Crippen molar-refractivity contribution >= 4 is 101 Å². The smallest absolute Gasteiger partial charge is 0.320 e. The summed E-state index contributed by atoms with van der Waals surface area (Å²) < 4.78 is 0. The molecular formula is C52H80N9O25S+. The number of hydrogen-bond donors (Lipinski definition) is 9. The lowest BCUT2D eigenvalue weighted by molar-refractivity contribution is -0.198. The quantitative estimate of drug-likeness (QED) is 0.0236. The van der Waals surface area contributed by atoms with Crippen molar-refractivity contribution in [3.63, 3.8) is 0 Å². The van der Waals surface area contributed by atoms with E-state index in [0.717, 1.165) is 16.7 Å². The second kappa shape index (κ2) is 33.5. The summed E-state index contributed by atoms with van der Waals surface area (Å²) in [6.07, 6.45) is -4.06. The van der Waals surface area contributed by atoms with Gasteiger partial charge in [0.15, 0.2) is 0 Å². The van der Waals surface area contributed by atoms with Crippen molar-refractivity contribution in [3.05, 3.63) is 0 Å². The summed E-state index contributed by atoms with van der Waals surface area (Å²) in [7, 11) is 0. The van der Waals surface area contributed by atoms with Gasteiger partial charge in [0, 0.05) is 90.2 Å². The average molecular weight is 1260 g/mol. The van der Waals surface area contributed by atoms with Crippen LogP contribution in [0.1, 0.15) is 98.3 Å². The number of carboxylic acids is 9. The number of thioether (sulfide) groups is 1. The predicted molar refractivity (Wildman–Crippen MR) is 297 cm³/mol. The maximum Gasteiger partial charge on any atom is 0.320 e. The first-order valence-electron chi connectivity index (χ1n) is 27.8. The Morgan fingerprint density at radius 2 is 0.770 bits per heavy atom. The van der Waals surface area contributed by atoms with Gasteiger partial charge in [-0.05, 0) is 66.2 Å². The molecule has 87 heavy (non-hydrogen) atoms. The number of carboxylic acid groups (broad SMARTS) is 9. The van der Waals surface area contributed by atoms with Crippen LogP contribution in [0.15, 0.2) is 0 Å². The molecule has 0 saturated carbocycles. The second-order valence-corrected chi connectivity index (χ2v) is 23.7. The summed E-state index contributed by atoms with van der Waals surface area (Å²) >= 11 is 1.06. The fraction of sp³-hybridized carbons (Fsp3) is 0.712. The fourth-order valence-corrected chi connectivity index (χ4v) is 12.1. The third kappa shape index (κ3) is 22.6. The highest BCUT2D eigenvalue weighted by Gasteiger charge is 2.60. The molecule has 6 amide bonds. The van der Waals surface area contributed by atoms with Crippen LogP contribution in [0.4, 0.5) is 0 Å². The van der Waals surface area contributed by atoms with Gasteiger partial charge in [0.25, 0.3) is 0 Å². The molecule has 3 aliphatic heterocycles. The Bertz CT molecular complexity index is 2540. The number of imide groups is 1. The Morgan fingerprint density at radius 1 is 0.483 bits per heavy atom. The van der Waals surface area contributed by atoms with Crippen LogP contribution in [0.2, 0.25) is 0 Å². The minimum Gasteiger partial charge on any atom is -0.480 e. The first kappa shape index (κ1) is 73.7. The van der Waals surface area contributed by atoms with Crippen LogP contribution in [0, 0.1) is 0 Å². The molecule has 0 spiro atoms. The largest absolute Gasteiger partial charge is 0.480 e. The van der Waals surface area contributed by atoms with Crippen LogP contribution in [-0.4, -0.2) is 322 Å². The predicted octanol–water partition coefficient (Wildman–Crippen LogP) is -3.27. The molecule has 0 aromatic heterocycles. The maximum atomic E-state index is 14.3. The van der Waals surface area contributed by atoms with Gasteiger partial charge in [-0.25, -0.2) is 0 Å². The van der Waals surface area contributed by atoms with Gasteiger partial charge in [-0.3, -0.25) is 91.5 Å². The molecule has 3 saturated heterocycles. The summed E-state index contributed by atoms with van der Waals surface area (Å²) in [5.41, 5.74) is -1.56. The maximum absolute atomic E-state index is 14.3. The monoisotopic (exact) mass is 1260 g/mol. The van der Waals surface area contributed by atoms with Gasteiger partial charge >= 0.3 is 53.7 Å². The van der Waals surface area contributed by atoms with Gasteiger partial charge < -0.3 is 70.8 Å². The van der Waals surface area contributed by atoms with Crippen LogP contribution in [0.25, 0.3) is 0 Å². The molecule has 5 atom stereocenters. The first-order chi connectivity index (χ1) is 40.5. The minimum absolute atomic E-state index is 0.00371. The molecule has 0 bridgehead atoms. The highest BCUT2D eigenvalue weighted by Crippen LogP contribution is 2.44. The van der Waals surface area contributed by atoms with Crippen LogP contribution in [0.3, 0.4) is 0 Å². The Kier molecular flexibility index (Phi) is 28.4. The van der Waals surface area contributed by atoms with E-state index in [4.69, 9.17) is 5.21 Å². The Balaban J connectivity index is 2.05. The van der Waals surface area contributed by atoms with Gasteiger partial charge in [0.2, 0.25) is 35.4 Å². The standard InChI is InChI=1S/C52H79N9O25S/c1-51(2)24-35(52(3,4)61(51)86)60-40(66)23-34(47(60)79)87-22-13-39(65)56-17-6-16-54(37(63)11-8-32(49(82)83)58(27-43(71)72)28-44(73)74)19-18-53(36(62)10-7-31(48(80)81)57(25-41(67)68)26-42(69)70)14-5-15-55(20-21-56)38(64)12-9-33(50(84)85)59(29-45(75)76)30-46(77)78/h31-35,86H,5-30H2,1-4H3,(H,67,68)(H,69,70)(H,71,72)(H,73,74)(H,75,76)(H,77,78)(H,80,81)(H,82,83)(H,84,85)/p+1. The Morgan fingerprint density at radius 3 is 1.02 bits per heavy atom. The molecule has 0 aliphatic carbocycles. The van der Waals surface area contributed by atoms with E-state index in [1.54, 1.807) is 13.8 Å². The molecule has 3 rings (SSSR count). The topological polar surface area (TPSA) is 490 Å². The summed E-state index contributed by atoms with van der Waals surface area (Å²) in [5, 5.41) is 96.0. The molecule has 3 aliphatic rings. The van der Waals surface area contributed by atoms with Gasteiger partial charge in [-0.15, -0.1) is 11.8 Å². The summed E-state index contributed by atoms with van der Waals surface area (Å²) in [6, 6.07) is -6.05. The number of carbonyl (C=O) groups is 15. The number of hydrogen-bond acceptors (Lipinski definition) is 20. The van der Waals surface area contributed by atoms with Crippen LogP contribution < -0.4 is 0 Å². The van der Waals surface area contributed by atoms with E-state index in [-0.39, 0.29) is 83.8 Å². The van der Waals surface area contributed by atoms with Gasteiger partial charge in [0.05, 0.1) is 56.1 Å². The number of aliphatic carboxylic acids is 9. The molecule has 0 aromatic carbocycles. The molecule has 11 N–H and O–H groups in total. The lowest BCUT2D eigenvalue weighted by Crippen LogP contribution is -2.54. The van der Waals surface area contributed by atoms with E-state index in [1.807, 2.05) is 13.8 Å². The summed E-state index contributed by atoms with van der Waals surface area (Å²) in [5.74, 6) is -18.2. The Labute approximate surface area is 503 Å². The first-order valence-corrected chi connectivity index (χ1v) is 28.8. The van der Waals surface area contributed by atoms with Crippen LogP contribution in [-0.2, 0) is 71.9 Å². The van der Waals surface area contributed by atoms with Crippen molar-refractivity contribution in [2.75, 3.05) is 97.4 Å². The molecule has 3 heterocycles. The minimum atomic E-state index is -1.82. The van der Waals surface area contributed by atoms with Crippen molar-refractivity contribution in [1.82, 2.24) is 44.3 Å². The zero-order valence-electron chi connectivity index (χ0n) is 48.9. The highest BCUT2D eigenvalue weighted by molar-refractivity contribution is 8.00. The zero-order valence-corrected chi connectivity index (χ0v) is 49.7.